The van der Waals surface area contributed by atoms with Gasteiger partial charge in [-0.25, -0.2) is 4.39 Å². The van der Waals surface area contributed by atoms with Crippen LogP contribution in [-0.4, -0.2) is 30.6 Å². The van der Waals surface area contributed by atoms with Gasteiger partial charge in [-0.3, -0.25) is 4.90 Å². The van der Waals surface area contributed by atoms with Crippen molar-refractivity contribution >= 4 is 15.9 Å². The van der Waals surface area contributed by atoms with E-state index in [9.17, 15) is 4.39 Å². The number of benzene rings is 1. The van der Waals surface area contributed by atoms with Crippen LogP contribution in [0.3, 0.4) is 0 Å². The van der Waals surface area contributed by atoms with E-state index in [0.29, 0.717) is 12.0 Å². The van der Waals surface area contributed by atoms with Crippen molar-refractivity contribution in [3.8, 4) is 0 Å². The highest BCUT2D eigenvalue weighted by atomic mass is 79.9. The van der Waals surface area contributed by atoms with Gasteiger partial charge in [-0.1, -0.05) is 35.8 Å². The molecule has 1 heterocycles. The molecule has 1 atom stereocenters. The Bertz CT molecular complexity index is 423. The third kappa shape index (κ3) is 4.26. The Labute approximate surface area is 123 Å². The number of hydrogen-bond donors (Lipinski definition) is 1. The molecule has 19 heavy (non-hydrogen) atoms. The van der Waals surface area contributed by atoms with Crippen molar-refractivity contribution in [2.24, 2.45) is 5.92 Å². The first-order valence-electron chi connectivity index (χ1n) is 6.95. The largest absolute Gasteiger partial charge is 0.314 e. The van der Waals surface area contributed by atoms with Crippen molar-refractivity contribution < 1.29 is 4.39 Å². The summed E-state index contributed by atoms with van der Waals surface area (Å²) >= 11 is 3.46. The number of rotatable bonds is 4. The standard InChI is InChI=1S/C15H22BrFN2/c1-11(2)7-14-9-18-5-6-19(14)10-12-3-4-13(17)8-15(12)16/h3-4,8,11,14,18H,5-7,9-10H2,1-2H3. The smallest absolute Gasteiger partial charge is 0.124 e. The van der Waals surface area contributed by atoms with Crippen LogP contribution in [0.5, 0.6) is 0 Å². The lowest BCUT2D eigenvalue weighted by molar-refractivity contribution is 0.134. The molecule has 0 bridgehead atoms. The molecule has 1 fully saturated rings. The summed E-state index contributed by atoms with van der Waals surface area (Å²) in [4.78, 5) is 2.51. The Hall–Kier alpha value is -0.450. The van der Waals surface area contributed by atoms with Crippen LogP contribution in [-0.2, 0) is 6.54 Å². The van der Waals surface area contributed by atoms with Gasteiger partial charge in [0.15, 0.2) is 0 Å². The maximum atomic E-state index is 13.1. The highest BCUT2D eigenvalue weighted by Gasteiger charge is 2.23. The molecule has 1 aliphatic rings. The minimum atomic E-state index is -0.185. The van der Waals surface area contributed by atoms with E-state index in [0.717, 1.165) is 36.2 Å². The molecule has 0 aliphatic carbocycles. The summed E-state index contributed by atoms with van der Waals surface area (Å²) in [5, 5.41) is 3.47. The molecule has 0 spiro atoms. The number of piperazine rings is 1. The zero-order chi connectivity index (χ0) is 13.8. The molecule has 1 saturated heterocycles. The maximum absolute atomic E-state index is 13.1. The molecule has 0 amide bonds. The zero-order valence-electron chi connectivity index (χ0n) is 11.6. The van der Waals surface area contributed by atoms with E-state index in [1.807, 2.05) is 6.07 Å². The van der Waals surface area contributed by atoms with Crippen molar-refractivity contribution in [1.29, 1.82) is 0 Å². The predicted molar refractivity (Wildman–Crippen MR) is 80.6 cm³/mol. The minimum Gasteiger partial charge on any atom is -0.314 e. The second-order valence-electron chi connectivity index (χ2n) is 5.69. The van der Waals surface area contributed by atoms with Gasteiger partial charge in [0.1, 0.15) is 5.82 Å². The van der Waals surface area contributed by atoms with Crippen LogP contribution in [0.1, 0.15) is 25.8 Å². The Morgan fingerprint density at radius 3 is 2.95 bits per heavy atom. The van der Waals surface area contributed by atoms with Crippen molar-refractivity contribution in [1.82, 2.24) is 10.2 Å². The number of nitrogens with zero attached hydrogens (tertiary/aromatic N) is 1. The topological polar surface area (TPSA) is 15.3 Å². The van der Waals surface area contributed by atoms with Gasteiger partial charge in [-0.2, -0.15) is 0 Å². The monoisotopic (exact) mass is 328 g/mol. The third-order valence-electron chi connectivity index (χ3n) is 3.60. The number of nitrogens with one attached hydrogen (secondary N) is 1. The molecule has 1 N–H and O–H groups in total. The van der Waals surface area contributed by atoms with Crippen LogP contribution >= 0.6 is 15.9 Å². The van der Waals surface area contributed by atoms with Crippen LogP contribution in [0.15, 0.2) is 22.7 Å². The average molecular weight is 329 g/mol. The van der Waals surface area contributed by atoms with Crippen molar-refractivity contribution in [2.75, 3.05) is 19.6 Å². The number of halogens is 2. The van der Waals surface area contributed by atoms with Gasteiger partial charge in [-0.05, 0) is 30.0 Å². The van der Waals surface area contributed by atoms with E-state index < -0.39 is 0 Å². The van der Waals surface area contributed by atoms with Crippen LogP contribution in [0, 0.1) is 11.7 Å². The van der Waals surface area contributed by atoms with E-state index in [-0.39, 0.29) is 5.82 Å². The maximum Gasteiger partial charge on any atom is 0.124 e. The highest BCUT2D eigenvalue weighted by molar-refractivity contribution is 9.10. The number of hydrogen-bond acceptors (Lipinski definition) is 2. The Morgan fingerprint density at radius 1 is 1.47 bits per heavy atom. The summed E-state index contributed by atoms with van der Waals surface area (Å²) in [6.45, 7) is 8.56. The first-order chi connectivity index (χ1) is 9.06. The molecule has 2 rings (SSSR count). The van der Waals surface area contributed by atoms with Crippen molar-refractivity contribution in [3.63, 3.8) is 0 Å². The normalized spacial score (nSPS) is 21.0. The van der Waals surface area contributed by atoms with E-state index >= 15 is 0 Å². The van der Waals surface area contributed by atoms with Crippen LogP contribution in [0.4, 0.5) is 4.39 Å². The van der Waals surface area contributed by atoms with Gasteiger partial charge < -0.3 is 5.32 Å². The highest BCUT2D eigenvalue weighted by Crippen LogP contribution is 2.22. The van der Waals surface area contributed by atoms with Crippen LogP contribution in [0.25, 0.3) is 0 Å². The lowest BCUT2D eigenvalue weighted by Crippen LogP contribution is -2.51. The SMILES string of the molecule is CC(C)CC1CNCCN1Cc1ccc(F)cc1Br. The average Bonchev–Trinajstić information content (AvgIpc) is 2.34. The molecule has 0 radical (unpaired) electrons. The fourth-order valence-corrected chi connectivity index (χ4v) is 3.13. The fourth-order valence-electron chi connectivity index (χ4n) is 2.66. The summed E-state index contributed by atoms with van der Waals surface area (Å²) in [6.07, 6.45) is 1.20. The lowest BCUT2D eigenvalue weighted by Gasteiger charge is -2.37. The fraction of sp³-hybridized carbons (Fsp3) is 0.600. The Morgan fingerprint density at radius 2 is 2.26 bits per heavy atom. The molecule has 1 aromatic rings. The van der Waals surface area contributed by atoms with E-state index in [4.69, 9.17) is 0 Å². The molecule has 0 aromatic heterocycles. The summed E-state index contributed by atoms with van der Waals surface area (Å²) in [5.74, 6) is 0.513. The van der Waals surface area contributed by atoms with Crippen LogP contribution < -0.4 is 5.32 Å². The van der Waals surface area contributed by atoms with Crippen molar-refractivity contribution in [3.05, 3.63) is 34.1 Å². The Balaban J connectivity index is 2.06. The quantitative estimate of drug-likeness (QED) is 0.911. The second kappa shape index (κ2) is 6.82. The third-order valence-corrected chi connectivity index (χ3v) is 4.34. The molecule has 1 aromatic carbocycles. The van der Waals surface area contributed by atoms with Gasteiger partial charge in [0, 0.05) is 36.7 Å². The zero-order valence-corrected chi connectivity index (χ0v) is 13.2. The van der Waals surface area contributed by atoms with E-state index in [1.165, 1.54) is 6.42 Å². The molecular weight excluding hydrogens is 307 g/mol. The summed E-state index contributed by atoms with van der Waals surface area (Å²) in [7, 11) is 0. The molecule has 1 unspecified atom stereocenters. The van der Waals surface area contributed by atoms with Crippen LogP contribution in [0.2, 0.25) is 0 Å². The second-order valence-corrected chi connectivity index (χ2v) is 6.55. The van der Waals surface area contributed by atoms with Gasteiger partial charge in [-0.15, -0.1) is 0 Å². The lowest BCUT2D eigenvalue weighted by atomic mass is 10.00. The predicted octanol–water partition coefficient (Wildman–Crippen LogP) is 3.41. The molecule has 1 aliphatic heterocycles. The van der Waals surface area contributed by atoms with Gasteiger partial charge in [0.25, 0.3) is 0 Å². The molecule has 0 saturated carbocycles. The summed E-state index contributed by atoms with van der Waals surface area (Å²) in [6, 6.07) is 5.55. The molecule has 4 heteroatoms. The summed E-state index contributed by atoms with van der Waals surface area (Å²) in [5.41, 5.74) is 1.16. The van der Waals surface area contributed by atoms with Gasteiger partial charge in [0.2, 0.25) is 0 Å². The van der Waals surface area contributed by atoms with Crippen molar-refractivity contribution in [2.45, 2.75) is 32.9 Å². The van der Waals surface area contributed by atoms with Gasteiger partial charge >= 0.3 is 0 Å². The molecule has 2 nitrogen and oxygen atoms in total. The van der Waals surface area contributed by atoms with Gasteiger partial charge in [0.05, 0.1) is 0 Å². The van der Waals surface area contributed by atoms with E-state index in [1.54, 1.807) is 12.1 Å². The minimum absolute atomic E-state index is 0.185. The molecule has 106 valence electrons. The summed E-state index contributed by atoms with van der Waals surface area (Å²) < 4.78 is 14.0. The first kappa shape index (κ1) is 14.9. The van der Waals surface area contributed by atoms with E-state index in [2.05, 4.69) is 40.0 Å². The molecular formula is C15H22BrFN2. The Kier molecular flexibility index (Phi) is 5.37. The first-order valence-corrected chi connectivity index (χ1v) is 7.74.